The minimum atomic E-state index is -1.03. The van der Waals surface area contributed by atoms with Crippen LogP contribution in [0.4, 0.5) is 10.5 Å². The Hall–Kier alpha value is -2.04. The summed E-state index contributed by atoms with van der Waals surface area (Å²) in [5.41, 5.74) is 2.06. The number of carboxylic acid groups (broad SMARTS) is 1. The molecule has 0 aliphatic heterocycles. The van der Waals surface area contributed by atoms with Crippen molar-refractivity contribution in [1.29, 1.82) is 0 Å². The van der Waals surface area contributed by atoms with E-state index in [0.29, 0.717) is 0 Å². The second-order valence-electron chi connectivity index (χ2n) is 5.85. The average molecular weight is 278 g/mol. The Balaban J connectivity index is 3.00. The van der Waals surface area contributed by atoms with Crippen molar-refractivity contribution < 1.29 is 14.7 Å². The van der Waals surface area contributed by atoms with Gasteiger partial charge < -0.3 is 15.3 Å². The summed E-state index contributed by atoms with van der Waals surface area (Å²) >= 11 is 0. The first-order valence-corrected chi connectivity index (χ1v) is 6.49. The average Bonchev–Trinajstić information content (AvgIpc) is 2.29. The molecule has 0 aliphatic carbocycles. The number of aliphatic carboxylic acids is 1. The Bertz CT molecular complexity index is 498. The number of carbonyl (C=O) groups is 2. The van der Waals surface area contributed by atoms with E-state index in [0.717, 1.165) is 16.8 Å². The fourth-order valence-corrected chi connectivity index (χ4v) is 1.93. The van der Waals surface area contributed by atoms with Crippen LogP contribution in [0.2, 0.25) is 0 Å². The number of urea groups is 1. The maximum absolute atomic E-state index is 12.4. The molecule has 1 aromatic rings. The predicted molar refractivity (Wildman–Crippen MR) is 79.0 cm³/mol. The van der Waals surface area contributed by atoms with E-state index in [4.69, 9.17) is 5.11 Å². The molecule has 0 heterocycles. The van der Waals surface area contributed by atoms with Crippen LogP contribution in [0.25, 0.3) is 0 Å². The Labute approximate surface area is 119 Å². The zero-order valence-corrected chi connectivity index (χ0v) is 12.7. The van der Waals surface area contributed by atoms with E-state index in [1.54, 1.807) is 20.8 Å². The van der Waals surface area contributed by atoms with E-state index >= 15 is 0 Å². The molecule has 1 aromatic carbocycles. The molecular formula is C15H22N2O3. The summed E-state index contributed by atoms with van der Waals surface area (Å²) in [6, 6.07) is 5.32. The standard InChI is InChI=1S/C15H22N2O3/c1-10-7-6-8-11(2)13(10)16-14(20)17(9-12(18)19)15(3,4)5/h6-8H,9H2,1-5H3,(H,16,20)(H,18,19). The Morgan fingerprint density at radius 2 is 1.70 bits per heavy atom. The highest BCUT2D eigenvalue weighted by molar-refractivity contribution is 5.93. The lowest BCUT2D eigenvalue weighted by Gasteiger charge is -2.34. The van der Waals surface area contributed by atoms with Crippen LogP contribution < -0.4 is 5.32 Å². The molecule has 0 radical (unpaired) electrons. The Morgan fingerprint density at radius 3 is 2.10 bits per heavy atom. The highest BCUT2D eigenvalue weighted by Gasteiger charge is 2.28. The van der Waals surface area contributed by atoms with Gasteiger partial charge in [0.1, 0.15) is 6.54 Å². The van der Waals surface area contributed by atoms with Gasteiger partial charge in [-0.2, -0.15) is 0 Å². The molecule has 5 heteroatoms. The summed E-state index contributed by atoms with van der Waals surface area (Å²) in [5, 5.41) is 11.8. The molecule has 0 saturated carbocycles. The lowest BCUT2D eigenvalue weighted by Crippen LogP contribution is -2.50. The van der Waals surface area contributed by atoms with E-state index in [1.165, 1.54) is 4.90 Å². The molecule has 0 spiro atoms. The molecule has 5 nitrogen and oxygen atoms in total. The van der Waals surface area contributed by atoms with Crippen LogP contribution >= 0.6 is 0 Å². The van der Waals surface area contributed by atoms with Crippen LogP contribution in [0.3, 0.4) is 0 Å². The number of nitrogens with one attached hydrogen (secondary N) is 1. The Kier molecular flexibility index (Phi) is 4.76. The molecule has 0 atom stereocenters. The first-order chi connectivity index (χ1) is 9.12. The fourth-order valence-electron chi connectivity index (χ4n) is 1.93. The van der Waals surface area contributed by atoms with E-state index in [1.807, 2.05) is 32.0 Å². The molecule has 0 aromatic heterocycles. The highest BCUT2D eigenvalue weighted by Crippen LogP contribution is 2.21. The van der Waals surface area contributed by atoms with Crippen molar-refractivity contribution in [2.24, 2.45) is 0 Å². The summed E-state index contributed by atoms with van der Waals surface area (Å²) in [7, 11) is 0. The maximum Gasteiger partial charge on any atom is 0.323 e. The molecule has 0 bridgehead atoms. The number of nitrogens with zero attached hydrogens (tertiary/aromatic N) is 1. The lowest BCUT2D eigenvalue weighted by molar-refractivity contribution is -0.138. The van der Waals surface area contributed by atoms with Crippen molar-refractivity contribution in [3.8, 4) is 0 Å². The van der Waals surface area contributed by atoms with Gasteiger partial charge in [-0.25, -0.2) is 4.79 Å². The van der Waals surface area contributed by atoms with Crippen LogP contribution in [0.1, 0.15) is 31.9 Å². The van der Waals surface area contributed by atoms with Gasteiger partial charge in [0.2, 0.25) is 0 Å². The third-order valence-electron chi connectivity index (χ3n) is 3.06. The molecule has 20 heavy (non-hydrogen) atoms. The largest absolute Gasteiger partial charge is 0.480 e. The number of carbonyl (C=O) groups excluding carboxylic acids is 1. The zero-order chi connectivity index (χ0) is 15.5. The van der Waals surface area contributed by atoms with Crippen molar-refractivity contribution in [1.82, 2.24) is 4.90 Å². The van der Waals surface area contributed by atoms with Gasteiger partial charge in [0.05, 0.1) is 0 Å². The molecule has 0 aliphatic rings. The molecule has 1 rings (SSSR count). The van der Waals surface area contributed by atoms with Crippen molar-refractivity contribution in [2.75, 3.05) is 11.9 Å². The number of aryl methyl sites for hydroxylation is 2. The quantitative estimate of drug-likeness (QED) is 0.893. The van der Waals surface area contributed by atoms with Crippen molar-refractivity contribution in [3.05, 3.63) is 29.3 Å². The van der Waals surface area contributed by atoms with Crippen LogP contribution in [0.15, 0.2) is 18.2 Å². The van der Waals surface area contributed by atoms with E-state index in [-0.39, 0.29) is 6.54 Å². The first kappa shape index (κ1) is 16.0. The third-order valence-corrected chi connectivity index (χ3v) is 3.06. The zero-order valence-electron chi connectivity index (χ0n) is 12.7. The third kappa shape index (κ3) is 3.98. The van der Waals surface area contributed by atoms with Gasteiger partial charge in [0.25, 0.3) is 0 Å². The number of rotatable bonds is 3. The molecule has 0 unspecified atom stereocenters. The minimum absolute atomic E-state index is 0.333. The molecule has 2 N–H and O–H groups in total. The minimum Gasteiger partial charge on any atom is -0.480 e. The number of benzene rings is 1. The second-order valence-corrected chi connectivity index (χ2v) is 5.85. The summed E-state index contributed by atoms with van der Waals surface area (Å²) < 4.78 is 0. The lowest BCUT2D eigenvalue weighted by atomic mass is 10.1. The van der Waals surface area contributed by atoms with Gasteiger partial charge in [-0.3, -0.25) is 4.79 Å². The Morgan fingerprint density at radius 1 is 1.20 bits per heavy atom. The van der Waals surface area contributed by atoms with Gasteiger partial charge in [0.15, 0.2) is 0 Å². The number of hydrogen-bond donors (Lipinski definition) is 2. The van der Waals surface area contributed by atoms with E-state index in [9.17, 15) is 9.59 Å². The fraction of sp³-hybridized carbons (Fsp3) is 0.467. The molecule has 110 valence electrons. The van der Waals surface area contributed by atoms with Crippen LogP contribution in [0.5, 0.6) is 0 Å². The van der Waals surface area contributed by atoms with Crippen molar-refractivity contribution >= 4 is 17.7 Å². The van der Waals surface area contributed by atoms with Gasteiger partial charge in [-0.05, 0) is 45.7 Å². The first-order valence-electron chi connectivity index (χ1n) is 6.49. The topological polar surface area (TPSA) is 69.6 Å². The SMILES string of the molecule is Cc1cccc(C)c1NC(=O)N(CC(=O)O)C(C)(C)C. The highest BCUT2D eigenvalue weighted by atomic mass is 16.4. The second kappa shape index (κ2) is 5.94. The van der Waals surface area contributed by atoms with Gasteiger partial charge in [-0.1, -0.05) is 18.2 Å². The van der Waals surface area contributed by atoms with Crippen LogP contribution in [-0.4, -0.2) is 34.1 Å². The summed E-state index contributed by atoms with van der Waals surface area (Å²) in [6.45, 7) is 8.89. The van der Waals surface area contributed by atoms with Gasteiger partial charge >= 0.3 is 12.0 Å². The van der Waals surface area contributed by atoms with Crippen LogP contribution in [0, 0.1) is 13.8 Å². The van der Waals surface area contributed by atoms with Gasteiger partial charge in [-0.15, -0.1) is 0 Å². The smallest absolute Gasteiger partial charge is 0.323 e. The number of carboxylic acids is 1. The van der Waals surface area contributed by atoms with Gasteiger partial charge in [0, 0.05) is 11.2 Å². The van der Waals surface area contributed by atoms with Crippen molar-refractivity contribution in [2.45, 2.75) is 40.2 Å². The predicted octanol–water partition coefficient (Wildman–Crippen LogP) is 3.02. The summed E-state index contributed by atoms with van der Waals surface area (Å²) in [5.74, 6) is -1.03. The van der Waals surface area contributed by atoms with Crippen LogP contribution in [-0.2, 0) is 4.79 Å². The summed E-state index contributed by atoms with van der Waals surface area (Å²) in [6.07, 6.45) is 0. The van der Waals surface area contributed by atoms with Crippen molar-refractivity contribution in [3.63, 3.8) is 0 Å². The number of para-hydroxylation sites is 1. The number of anilines is 1. The monoisotopic (exact) mass is 278 g/mol. The number of hydrogen-bond acceptors (Lipinski definition) is 2. The number of amides is 2. The van der Waals surface area contributed by atoms with E-state index in [2.05, 4.69) is 5.32 Å². The maximum atomic E-state index is 12.4. The molecular weight excluding hydrogens is 256 g/mol. The van der Waals surface area contributed by atoms with E-state index < -0.39 is 17.5 Å². The normalized spacial score (nSPS) is 11.1. The molecule has 2 amide bonds. The summed E-state index contributed by atoms with van der Waals surface area (Å²) in [4.78, 5) is 24.6. The molecule has 0 saturated heterocycles. The molecule has 0 fully saturated rings.